The van der Waals surface area contributed by atoms with Crippen molar-refractivity contribution >= 4 is 75.2 Å². The minimum atomic E-state index is -1.34. The van der Waals surface area contributed by atoms with E-state index in [0.717, 1.165) is 22.4 Å². The summed E-state index contributed by atoms with van der Waals surface area (Å²) in [6.45, 7) is 1.30. The number of hydrogen-bond donors (Lipinski definition) is 7. The second kappa shape index (κ2) is 13.5. The van der Waals surface area contributed by atoms with Gasteiger partial charge in [0.25, 0.3) is 17.6 Å². The first-order valence-electron chi connectivity index (χ1n) is 13.7. The lowest BCUT2D eigenvalue weighted by molar-refractivity contribution is -0.150. The number of hydrogen-bond acceptors (Lipinski definition) is 18. The van der Waals surface area contributed by atoms with Gasteiger partial charge in [-0.05, 0) is 18.6 Å². The van der Waals surface area contributed by atoms with Crippen molar-refractivity contribution in [2.45, 2.75) is 30.0 Å². The molecule has 1 saturated heterocycles. The zero-order valence-corrected chi connectivity index (χ0v) is 27.1. The van der Waals surface area contributed by atoms with E-state index in [-0.39, 0.29) is 51.2 Å². The number of rotatable bonds is 11. The Morgan fingerprint density at radius 2 is 2.04 bits per heavy atom. The van der Waals surface area contributed by atoms with Crippen molar-refractivity contribution in [3.63, 3.8) is 0 Å². The number of carbonyl (C=O) groups excluding carboxylic acids is 3. The number of carboxylic acids is 1. The van der Waals surface area contributed by atoms with Gasteiger partial charge < -0.3 is 31.1 Å². The number of nitrogens with one attached hydrogen (secondary N) is 3. The molecule has 254 valence electrons. The summed E-state index contributed by atoms with van der Waals surface area (Å²) in [5.41, 5.74) is 6.71. The molecule has 1 fully saturated rings. The Morgan fingerprint density at radius 1 is 1.24 bits per heavy atom. The summed E-state index contributed by atoms with van der Waals surface area (Å²) in [5, 5.41) is 40.2. The topological polar surface area (TPSA) is 306 Å². The monoisotopic (exact) mass is 730 g/mol. The van der Waals surface area contributed by atoms with Crippen molar-refractivity contribution in [2.75, 3.05) is 17.2 Å². The normalized spacial score (nSPS) is 17.5. The van der Waals surface area contributed by atoms with E-state index in [0.29, 0.717) is 16.3 Å². The maximum absolute atomic E-state index is 13.4. The van der Waals surface area contributed by atoms with Crippen molar-refractivity contribution in [1.82, 2.24) is 50.2 Å². The van der Waals surface area contributed by atoms with Crippen LogP contribution in [0.3, 0.4) is 0 Å². The third-order valence-electron chi connectivity index (χ3n) is 6.81. The molecule has 4 aromatic rings. The molecule has 21 nitrogen and oxygen atoms in total. The largest absolute Gasteiger partial charge is 0.502 e. The average molecular weight is 731 g/mol. The van der Waals surface area contributed by atoms with Crippen LogP contribution in [0.4, 0.5) is 5.13 Å². The number of aliphatic carboxylic acids is 1. The standard InChI is InChI=1S/C25H22N12O9S3/c1-8-2-13(37-25(28-8)32-17(33-37)20(41)34-45)47-5-9-6-48-22-15(21(42)36(22)16(9)23(43)44)31-19(40)14(10-7-49-24(26)29-10)35-46-4-12-27-3-11(38)18(39)30-12/h2-3,7,15,22,38,45H,4-6H2,1H3,(H2,26,29)(H,31,40)(H,34,41)(H,43,44)(H,27,30,39)/t15-,22-/m1/s1. The van der Waals surface area contributed by atoms with Gasteiger partial charge in [-0.25, -0.2) is 20.2 Å². The Labute approximate surface area is 284 Å². The first-order valence-corrected chi connectivity index (χ1v) is 16.6. The number of aryl methyl sites for hydroxylation is 1. The molecule has 0 bridgehead atoms. The molecule has 0 saturated carbocycles. The Morgan fingerprint density at radius 3 is 2.73 bits per heavy atom. The number of H-pyrrole nitrogens is 1. The number of anilines is 1. The molecule has 24 heteroatoms. The van der Waals surface area contributed by atoms with E-state index in [1.165, 1.54) is 38.9 Å². The number of aromatic amines is 1. The zero-order valence-electron chi connectivity index (χ0n) is 24.7. The number of nitrogens with two attached hydrogens (primary N) is 1. The van der Waals surface area contributed by atoms with E-state index < -0.39 is 53.0 Å². The van der Waals surface area contributed by atoms with E-state index in [9.17, 15) is 34.2 Å². The molecule has 8 N–H and O–H groups in total. The van der Waals surface area contributed by atoms with Crippen molar-refractivity contribution in [3.05, 3.63) is 62.3 Å². The molecule has 2 atom stereocenters. The Kier molecular flexibility index (Phi) is 9.18. The molecule has 0 aliphatic carbocycles. The number of thioether (sulfide) groups is 2. The summed E-state index contributed by atoms with van der Waals surface area (Å²) in [6, 6.07) is 0.540. The van der Waals surface area contributed by atoms with E-state index in [1.54, 1.807) is 13.0 Å². The van der Waals surface area contributed by atoms with E-state index in [1.807, 2.05) is 0 Å². The first kappa shape index (κ1) is 33.3. The lowest BCUT2D eigenvalue weighted by Crippen LogP contribution is -2.71. The summed E-state index contributed by atoms with van der Waals surface area (Å²) >= 11 is 3.44. The fourth-order valence-electron chi connectivity index (χ4n) is 4.63. The van der Waals surface area contributed by atoms with Crippen molar-refractivity contribution in [2.24, 2.45) is 5.16 Å². The SMILES string of the molecule is Cc1cc(SCC2=C(C(=O)O)N3C(=O)[C@@H](NC(=O)C(=NOCc4nc(=O)c(O)c[nH]4)c4csc(N)n4)[C@H]3SC2)n2nc(C(=O)NO)nc2n1. The number of amides is 3. The van der Waals surface area contributed by atoms with E-state index >= 15 is 0 Å². The Balaban J connectivity index is 1.18. The number of thiazole rings is 1. The number of nitrogens with zero attached hydrogens (tertiary/aromatic N) is 8. The molecule has 2 aliphatic rings. The van der Waals surface area contributed by atoms with Crippen molar-refractivity contribution in [3.8, 4) is 5.75 Å². The summed E-state index contributed by atoms with van der Waals surface area (Å²) in [5.74, 6) is -4.34. The molecular weight excluding hydrogens is 709 g/mol. The Bertz CT molecular complexity index is 2150. The summed E-state index contributed by atoms with van der Waals surface area (Å²) in [7, 11) is 0. The lowest BCUT2D eigenvalue weighted by Gasteiger charge is -2.49. The number of carboxylic acid groups (broad SMARTS) is 1. The van der Waals surface area contributed by atoms with E-state index in [2.05, 4.69) is 40.5 Å². The molecule has 2 aliphatic heterocycles. The van der Waals surface area contributed by atoms with Crippen LogP contribution in [0.5, 0.6) is 5.75 Å². The number of nitrogen functional groups attached to an aromatic ring is 1. The Hall–Kier alpha value is -5.59. The van der Waals surface area contributed by atoms with Crippen LogP contribution in [0.2, 0.25) is 0 Å². The van der Waals surface area contributed by atoms with Gasteiger partial charge in [-0.15, -0.1) is 40.0 Å². The number of hydroxylamine groups is 1. The summed E-state index contributed by atoms with van der Waals surface area (Å²) in [4.78, 5) is 87.2. The molecule has 0 radical (unpaired) electrons. The fourth-order valence-corrected chi connectivity index (χ4v) is 7.71. The predicted octanol–water partition coefficient (Wildman–Crippen LogP) is -1.17. The van der Waals surface area contributed by atoms with Gasteiger partial charge in [0, 0.05) is 22.6 Å². The second-order valence-electron chi connectivity index (χ2n) is 10.1. The van der Waals surface area contributed by atoms with Crippen LogP contribution in [-0.4, -0.2) is 107 Å². The van der Waals surface area contributed by atoms with Gasteiger partial charge in [-0.1, -0.05) is 5.16 Å². The van der Waals surface area contributed by atoms with Gasteiger partial charge in [-0.2, -0.15) is 14.5 Å². The van der Waals surface area contributed by atoms with Crippen LogP contribution in [0.1, 0.15) is 27.8 Å². The van der Waals surface area contributed by atoms with Crippen molar-refractivity contribution in [1.29, 1.82) is 0 Å². The van der Waals surface area contributed by atoms with Crippen LogP contribution < -0.4 is 22.1 Å². The van der Waals surface area contributed by atoms with Gasteiger partial charge >= 0.3 is 17.4 Å². The van der Waals surface area contributed by atoms with Crippen LogP contribution in [0.25, 0.3) is 5.78 Å². The molecule has 49 heavy (non-hydrogen) atoms. The highest BCUT2D eigenvalue weighted by Crippen LogP contribution is 2.41. The van der Waals surface area contributed by atoms with Gasteiger partial charge in [-0.3, -0.25) is 29.3 Å². The molecule has 6 heterocycles. The van der Waals surface area contributed by atoms with Gasteiger partial charge in [0.15, 0.2) is 29.0 Å². The minimum absolute atomic E-state index is 0.00176. The number of aromatic nitrogens is 7. The van der Waals surface area contributed by atoms with Crippen LogP contribution >= 0.6 is 34.9 Å². The lowest BCUT2D eigenvalue weighted by atomic mass is 10.0. The quantitative estimate of drug-likeness (QED) is 0.0239. The van der Waals surface area contributed by atoms with Crippen LogP contribution in [0, 0.1) is 6.92 Å². The van der Waals surface area contributed by atoms with Gasteiger partial charge in [0.1, 0.15) is 27.8 Å². The third-order valence-corrected chi connectivity index (χ3v) is 9.90. The predicted molar refractivity (Wildman–Crippen MR) is 170 cm³/mol. The molecule has 0 aromatic carbocycles. The second-order valence-corrected chi connectivity index (χ2v) is 13.0. The first-order chi connectivity index (χ1) is 23.4. The number of oxime groups is 1. The van der Waals surface area contributed by atoms with Crippen LogP contribution in [-0.2, 0) is 25.8 Å². The minimum Gasteiger partial charge on any atom is -0.502 e. The highest BCUT2D eigenvalue weighted by molar-refractivity contribution is 8.01. The molecule has 0 unspecified atom stereocenters. The average Bonchev–Trinajstić information content (AvgIpc) is 3.71. The maximum atomic E-state index is 13.4. The third kappa shape index (κ3) is 6.60. The van der Waals surface area contributed by atoms with Gasteiger partial charge in [0.2, 0.25) is 5.82 Å². The molecule has 3 amide bonds. The summed E-state index contributed by atoms with van der Waals surface area (Å²) < 4.78 is 1.28. The highest BCUT2D eigenvalue weighted by atomic mass is 32.2. The van der Waals surface area contributed by atoms with E-state index in [4.69, 9.17) is 15.8 Å². The highest BCUT2D eigenvalue weighted by Gasteiger charge is 2.54. The van der Waals surface area contributed by atoms with Crippen molar-refractivity contribution < 1.29 is 39.4 Å². The molecule has 0 spiro atoms. The molecule has 6 rings (SSSR count). The maximum Gasteiger partial charge on any atom is 0.352 e. The van der Waals surface area contributed by atoms with Gasteiger partial charge in [0.05, 0.1) is 6.20 Å². The number of carbonyl (C=O) groups is 4. The summed E-state index contributed by atoms with van der Waals surface area (Å²) in [6.07, 6.45) is 1.01. The molecule has 4 aromatic heterocycles. The number of fused-ring (bicyclic) bond motifs is 2. The fraction of sp³-hybridized carbons (Fsp3) is 0.240. The molecular formula is C25H22N12O9S3. The zero-order chi connectivity index (χ0) is 35.0. The number of aromatic hydroxyl groups is 1. The smallest absolute Gasteiger partial charge is 0.352 e. The number of β-lactam (4-membered cyclic amide) rings is 1. The van der Waals surface area contributed by atoms with Crippen LogP contribution in [0.15, 0.2) is 43.9 Å².